The number of carboxylic acid groups (broad SMARTS) is 1. The summed E-state index contributed by atoms with van der Waals surface area (Å²) in [7, 11) is 0. The minimum absolute atomic E-state index is 0.0924. The average molecular weight is 268 g/mol. The van der Waals surface area contributed by atoms with Crippen LogP contribution >= 0.6 is 11.3 Å². The van der Waals surface area contributed by atoms with Gasteiger partial charge in [0.05, 0.1) is 5.01 Å². The molecule has 1 aromatic heterocycles. The van der Waals surface area contributed by atoms with Crippen molar-refractivity contribution in [1.82, 2.24) is 9.88 Å². The van der Waals surface area contributed by atoms with E-state index in [-0.39, 0.29) is 11.6 Å². The van der Waals surface area contributed by atoms with Crippen molar-refractivity contribution in [3.8, 4) is 0 Å². The zero-order chi connectivity index (χ0) is 13.1. The molecule has 1 N–H and O–H groups in total. The Bertz CT molecular complexity index is 458. The Kier molecular flexibility index (Phi) is 3.96. The summed E-state index contributed by atoms with van der Waals surface area (Å²) in [5.74, 6) is -0.793. The summed E-state index contributed by atoms with van der Waals surface area (Å²) in [6.45, 7) is 2.73. The maximum atomic E-state index is 11.7. The molecule has 1 unspecified atom stereocenters. The van der Waals surface area contributed by atoms with Crippen molar-refractivity contribution in [3.05, 3.63) is 16.1 Å². The summed E-state index contributed by atoms with van der Waals surface area (Å²) in [6.07, 6.45) is 3.19. The van der Waals surface area contributed by atoms with Gasteiger partial charge in [-0.1, -0.05) is 6.92 Å². The van der Waals surface area contributed by atoms with Crippen molar-refractivity contribution in [2.75, 3.05) is 6.54 Å². The van der Waals surface area contributed by atoms with E-state index in [9.17, 15) is 9.59 Å². The number of aromatic carboxylic acids is 1. The third-order valence-electron chi connectivity index (χ3n) is 3.26. The van der Waals surface area contributed by atoms with Crippen LogP contribution in [0.25, 0.3) is 0 Å². The Morgan fingerprint density at radius 1 is 1.67 bits per heavy atom. The van der Waals surface area contributed by atoms with Gasteiger partial charge >= 0.3 is 5.97 Å². The number of carbonyl (C=O) groups is 2. The van der Waals surface area contributed by atoms with E-state index < -0.39 is 5.97 Å². The van der Waals surface area contributed by atoms with Crippen molar-refractivity contribution in [1.29, 1.82) is 0 Å². The fourth-order valence-electron chi connectivity index (χ4n) is 2.26. The van der Waals surface area contributed by atoms with E-state index in [0.717, 1.165) is 17.8 Å². The summed E-state index contributed by atoms with van der Waals surface area (Å²) in [5, 5.41) is 11.1. The first kappa shape index (κ1) is 13.0. The molecule has 2 rings (SSSR count). The van der Waals surface area contributed by atoms with Crippen molar-refractivity contribution >= 4 is 23.2 Å². The fourth-order valence-corrected chi connectivity index (χ4v) is 3.03. The zero-order valence-corrected chi connectivity index (χ0v) is 11.1. The number of amides is 1. The third-order valence-corrected chi connectivity index (χ3v) is 4.17. The van der Waals surface area contributed by atoms with E-state index in [1.54, 1.807) is 5.38 Å². The van der Waals surface area contributed by atoms with Crippen LogP contribution in [-0.2, 0) is 11.2 Å². The van der Waals surface area contributed by atoms with Crippen LogP contribution in [0.3, 0.4) is 0 Å². The molecule has 5 nitrogen and oxygen atoms in total. The highest BCUT2D eigenvalue weighted by Crippen LogP contribution is 2.22. The lowest BCUT2D eigenvalue weighted by molar-refractivity contribution is -0.128. The first-order chi connectivity index (χ1) is 8.61. The topological polar surface area (TPSA) is 70.5 Å². The van der Waals surface area contributed by atoms with Gasteiger partial charge in [0.2, 0.25) is 5.91 Å². The van der Waals surface area contributed by atoms with Crippen LogP contribution in [0.1, 0.15) is 41.7 Å². The highest BCUT2D eigenvalue weighted by Gasteiger charge is 2.29. The number of likely N-dealkylation sites (tertiary alicyclic amines) is 1. The summed E-state index contributed by atoms with van der Waals surface area (Å²) in [5.41, 5.74) is 0.0924. The van der Waals surface area contributed by atoms with E-state index in [4.69, 9.17) is 5.11 Å². The minimum Gasteiger partial charge on any atom is -0.476 e. The quantitative estimate of drug-likeness (QED) is 0.883. The van der Waals surface area contributed by atoms with Gasteiger partial charge in [-0.25, -0.2) is 9.78 Å². The number of carboxylic acids is 1. The van der Waals surface area contributed by atoms with E-state index >= 15 is 0 Å². The molecule has 1 saturated heterocycles. The molecule has 1 aliphatic heterocycles. The molecule has 0 saturated carbocycles. The van der Waals surface area contributed by atoms with Crippen LogP contribution in [0, 0.1) is 0 Å². The largest absolute Gasteiger partial charge is 0.476 e. The Labute approximate surface area is 109 Å². The van der Waals surface area contributed by atoms with Crippen molar-refractivity contribution < 1.29 is 14.7 Å². The first-order valence-electron chi connectivity index (χ1n) is 6.09. The molecule has 1 amide bonds. The molecular formula is C12H16N2O3S. The molecule has 18 heavy (non-hydrogen) atoms. The first-order valence-corrected chi connectivity index (χ1v) is 6.97. The van der Waals surface area contributed by atoms with Crippen molar-refractivity contribution in [2.45, 2.75) is 38.6 Å². The lowest BCUT2D eigenvalue weighted by Gasteiger charge is -2.23. The number of rotatable bonds is 5. The van der Waals surface area contributed by atoms with Crippen LogP contribution in [0.4, 0.5) is 0 Å². The highest BCUT2D eigenvalue weighted by atomic mass is 32.1. The normalized spacial score (nSPS) is 19.5. The van der Waals surface area contributed by atoms with Gasteiger partial charge in [-0.05, 0) is 12.8 Å². The highest BCUT2D eigenvalue weighted by molar-refractivity contribution is 7.09. The summed E-state index contributed by atoms with van der Waals surface area (Å²) < 4.78 is 0. The molecule has 6 heteroatoms. The van der Waals surface area contributed by atoms with E-state index in [1.807, 2.05) is 4.90 Å². The lowest BCUT2D eigenvalue weighted by Crippen LogP contribution is -2.34. The van der Waals surface area contributed by atoms with E-state index in [2.05, 4.69) is 11.9 Å². The monoisotopic (exact) mass is 268 g/mol. The molecule has 0 radical (unpaired) electrons. The number of hydrogen-bond acceptors (Lipinski definition) is 4. The smallest absolute Gasteiger partial charge is 0.355 e. The molecule has 98 valence electrons. The van der Waals surface area contributed by atoms with Crippen LogP contribution in [-0.4, -0.2) is 39.5 Å². The summed E-state index contributed by atoms with van der Waals surface area (Å²) in [6, 6.07) is 0.344. The van der Waals surface area contributed by atoms with Crippen LogP contribution in [0.15, 0.2) is 5.38 Å². The predicted molar refractivity (Wildman–Crippen MR) is 67.8 cm³/mol. The van der Waals surface area contributed by atoms with E-state index in [1.165, 1.54) is 11.3 Å². The minimum atomic E-state index is -0.999. The average Bonchev–Trinajstić information content (AvgIpc) is 2.93. The van der Waals surface area contributed by atoms with Crippen LogP contribution < -0.4 is 0 Å². The lowest BCUT2D eigenvalue weighted by atomic mass is 10.2. The maximum absolute atomic E-state index is 11.7. The number of hydrogen-bond donors (Lipinski definition) is 1. The Morgan fingerprint density at radius 3 is 3.06 bits per heavy atom. The van der Waals surface area contributed by atoms with Crippen LogP contribution in [0.5, 0.6) is 0 Å². The third kappa shape index (κ3) is 2.69. The van der Waals surface area contributed by atoms with Crippen molar-refractivity contribution in [3.63, 3.8) is 0 Å². The Hall–Kier alpha value is -1.43. The number of thiazole rings is 1. The molecule has 1 aliphatic rings. The molecule has 0 bridgehead atoms. The molecule has 2 heterocycles. The Balaban J connectivity index is 1.94. The summed E-state index contributed by atoms with van der Waals surface area (Å²) >= 11 is 1.34. The second-order valence-corrected chi connectivity index (χ2v) is 5.31. The summed E-state index contributed by atoms with van der Waals surface area (Å²) in [4.78, 5) is 28.3. The molecule has 0 spiro atoms. The number of nitrogens with zero attached hydrogens (tertiary/aromatic N) is 2. The number of aromatic nitrogens is 1. The zero-order valence-electron chi connectivity index (χ0n) is 10.3. The standard InChI is InChI=1S/C12H16N2O3S/c1-2-8-3-4-11(15)14(8)6-5-10-13-9(7-18-10)12(16)17/h7-8H,2-6H2,1H3,(H,16,17). The van der Waals surface area contributed by atoms with Crippen molar-refractivity contribution in [2.24, 2.45) is 0 Å². The molecule has 1 fully saturated rings. The predicted octanol–water partition coefficient (Wildman–Crippen LogP) is 1.78. The van der Waals surface area contributed by atoms with Gasteiger partial charge in [0.25, 0.3) is 0 Å². The van der Waals surface area contributed by atoms with Gasteiger partial charge in [0.1, 0.15) is 0 Å². The van der Waals surface area contributed by atoms with Crippen LogP contribution in [0.2, 0.25) is 0 Å². The van der Waals surface area contributed by atoms with Gasteiger partial charge in [-0.2, -0.15) is 0 Å². The number of carbonyl (C=O) groups excluding carboxylic acids is 1. The molecule has 1 atom stereocenters. The second kappa shape index (κ2) is 5.48. The molecule has 0 aliphatic carbocycles. The Morgan fingerprint density at radius 2 is 2.44 bits per heavy atom. The molecular weight excluding hydrogens is 252 g/mol. The van der Waals surface area contributed by atoms with E-state index in [0.29, 0.717) is 25.4 Å². The maximum Gasteiger partial charge on any atom is 0.355 e. The van der Waals surface area contributed by atoms with Gasteiger partial charge in [-0.15, -0.1) is 11.3 Å². The fraction of sp³-hybridized carbons (Fsp3) is 0.583. The van der Waals surface area contributed by atoms with Gasteiger partial charge in [0, 0.05) is 30.8 Å². The van der Waals surface area contributed by atoms with Gasteiger partial charge in [-0.3, -0.25) is 4.79 Å². The van der Waals surface area contributed by atoms with Gasteiger partial charge < -0.3 is 10.0 Å². The molecule has 0 aromatic carbocycles. The second-order valence-electron chi connectivity index (χ2n) is 4.37. The molecule has 1 aromatic rings. The van der Waals surface area contributed by atoms with Gasteiger partial charge in [0.15, 0.2) is 5.69 Å². The SMILES string of the molecule is CCC1CCC(=O)N1CCc1nc(C(=O)O)cs1.